The Balaban J connectivity index is 1.89. The summed E-state index contributed by atoms with van der Waals surface area (Å²) in [6.45, 7) is 4.91. The molecule has 1 aliphatic rings. The summed E-state index contributed by atoms with van der Waals surface area (Å²) in [6.07, 6.45) is 0. The van der Waals surface area contributed by atoms with Crippen LogP contribution in [-0.4, -0.2) is 23.2 Å². The van der Waals surface area contributed by atoms with Gasteiger partial charge in [0.15, 0.2) is 22.5 Å². The Morgan fingerprint density at radius 1 is 1.05 bits per heavy atom. The van der Waals surface area contributed by atoms with Crippen LogP contribution in [0, 0.1) is 13.8 Å². The first-order chi connectivity index (χ1) is 9.63. The van der Waals surface area contributed by atoms with E-state index in [0.29, 0.717) is 29.9 Å². The molecule has 1 aliphatic heterocycles. The second-order valence-electron chi connectivity index (χ2n) is 4.52. The van der Waals surface area contributed by atoms with Gasteiger partial charge < -0.3 is 14.8 Å². The quantitative estimate of drug-likeness (QED) is 0.920. The zero-order chi connectivity index (χ0) is 14.1. The molecule has 1 N–H and O–H groups in total. The number of nitrogens with one attached hydrogen (secondary N) is 1. The van der Waals surface area contributed by atoms with Crippen molar-refractivity contribution in [3.8, 4) is 11.5 Å². The minimum Gasteiger partial charge on any atom is -0.486 e. The van der Waals surface area contributed by atoms with Crippen molar-refractivity contribution in [1.29, 1.82) is 0 Å². The van der Waals surface area contributed by atoms with Gasteiger partial charge in [0, 0.05) is 11.8 Å². The number of benzene rings is 1. The molecule has 0 aliphatic carbocycles. The molecule has 2 heterocycles. The predicted octanol–water partition coefficient (Wildman–Crippen LogP) is 3.26. The summed E-state index contributed by atoms with van der Waals surface area (Å²) in [4.78, 5) is 8.64. The molecule has 3 rings (SSSR count). The second-order valence-corrected chi connectivity index (χ2v) is 4.88. The smallest absolute Gasteiger partial charge is 0.172 e. The number of anilines is 2. The highest BCUT2D eigenvalue weighted by atomic mass is 35.5. The van der Waals surface area contributed by atoms with Gasteiger partial charge in [-0.1, -0.05) is 11.6 Å². The lowest BCUT2D eigenvalue weighted by Gasteiger charge is -2.19. The van der Waals surface area contributed by atoms with Crippen LogP contribution in [0.5, 0.6) is 11.5 Å². The minimum absolute atomic E-state index is 0.350. The van der Waals surface area contributed by atoms with Crippen LogP contribution < -0.4 is 14.8 Å². The van der Waals surface area contributed by atoms with Crippen molar-refractivity contribution in [2.24, 2.45) is 0 Å². The van der Waals surface area contributed by atoms with Crippen molar-refractivity contribution in [3.05, 3.63) is 34.7 Å². The fourth-order valence-electron chi connectivity index (χ4n) is 1.91. The third kappa shape index (κ3) is 2.49. The fourth-order valence-corrected chi connectivity index (χ4v) is 2.13. The molecule has 0 saturated heterocycles. The van der Waals surface area contributed by atoms with Crippen molar-refractivity contribution in [2.75, 3.05) is 18.5 Å². The van der Waals surface area contributed by atoms with Gasteiger partial charge in [-0.2, -0.15) is 0 Å². The lowest BCUT2D eigenvalue weighted by molar-refractivity contribution is 0.171. The summed E-state index contributed by atoms with van der Waals surface area (Å²) >= 11 is 6.10. The van der Waals surface area contributed by atoms with Crippen LogP contribution >= 0.6 is 11.6 Å². The van der Waals surface area contributed by atoms with Crippen molar-refractivity contribution < 1.29 is 9.47 Å². The summed E-state index contributed by atoms with van der Waals surface area (Å²) in [5.41, 5.74) is 2.49. The molecule has 0 bridgehead atoms. The third-order valence-corrected chi connectivity index (χ3v) is 3.33. The fraction of sp³-hybridized carbons (Fsp3) is 0.286. The summed E-state index contributed by atoms with van der Waals surface area (Å²) in [6, 6.07) is 5.61. The Morgan fingerprint density at radius 3 is 2.55 bits per heavy atom. The van der Waals surface area contributed by atoms with Gasteiger partial charge in [0.25, 0.3) is 0 Å². The summed E-state index contributed by atoms with van der Waals surface area (Å²) < 4.78 is 11.0. The van der Waals surface area contributed by atoms with E-state index >= 15 is 0 Å². The number of fused-ring (bicyclic) bond motifs is 1. The molecule has 0 radical (unpaired) electrons. The highest BCUT2D eigenvalue weighted by Gasteiger charge is 2.13. The van der Waals surface area contributed by atoms with E-state index in [1.165, 1.54) is 0 Å². The van der Waals surface area contributed by atoms with E-state index in [-0.39, 0.29) is 0 Å². The Morgan fingerprint density at radius 2 is 1.75 bits per heavy atom. The number of aromatic nitrogens is 2. The Labute approximate surface area is 121 Å². The van der Waals surface area contributed by atoms with Gasteiger partial charge in [0.05, 0.1) is 11.4 Å². The van der Waals surface area contributed by atoms with E-state index < -0.39 is 0 Å². The molecule has 0 saturated carbocycles. The van der Waals surface area contributed by atoms with E-state index in [1.807, 2.05) is 32.0 Å². The van der Waals surface area contributed by atoms with Crippen LogP contribution in [0.1, 0.15) is 11.4 Å². The van der Waals surface area contributed by atoms with Crippen LogP contribution in [0.15, 0.2) is 18.2 Å². The lowest BCUT2D eigenvalue weighted by atomic mass is 10.2. The molecular formula is C14H14ClN3O2. The van der Waals surface area contributed by atoms with E-state index in [9.17, 15) is 0 Å². The maximum atomic E-state index is 6.10. The molecule has 0 fully saturated rings. The first-order valence-electron chi connectivity index (χ1n) is 6.31. The van der Waals surface area contributed by atoms with Gasteiger partial charge in [-0.15, -0.1) is 0 Å². The zero-order valence-electron chi connectivity index (χ0n) is 11.2. The summed E-state index contributed by atoms with van der Waals surface area (Å²) in [5.74, 6) is 2.00. The molecule has 0 atom stereocenters. The number of hydrogen-bond donors (Lipinski definition) is 1. The molecule has 20 heavy (non-hydrogen) atoms. The third-order valence-electron chi connectivity index (χ3n) is 3.07. The van der Waals surface area contributed by atoms with Crippen LogP contribution in [-0.2, 0) is 0 Å². The molecule has 1 aromatic carbocycles. The van der Waals surface area contributed by atoms with Gasteiger partial charge in [-0.3, -0.25) is 0 Å². The largest absolute Gasteiger partial charge is 0.486 e. The Bertz CT molecular complexity index is 661. The maximum absolute atomic E-state index is 6.10. The van der Waals surface area contributed by atoms with E-state index in [1.54, 1.807) is 0 Å². The molecule has 2 aromatic rings. The van der Waals surface area contributed by atoms with Gasteiger partial charge in [0.2, 0.25) is 0 Å². The molecule has 0 unspecified atom stereocenters. The van der Waals surface area contributed by atoms with Crippen LogP contribution in [0.4, 0.5) is 11.5 Å². The minimum atomic E-state index is 0.350. The zero-order valence-corrected chi connectivity index (χ0v) is 12.0. The van der Waals surface area contributed by atoms with Gasteiger partial charge >= 0.3 is 0 Å². The molecule has 6 heteroatoms. The molecule has 104 valence electrons. The van der Waals surface area contributed by atoms with E-state index in [2.05, 4.69) is 15.3 Å². The number of hydrogen-bond acceptors (Lipinski definition) is 5. The van der Waals surface area contributed by atoms with Crippen LogP contribution in [0.3, 0.4) is 0 Å². The number of rotatable bonds is 2. The van der Waals surface area contributed by atoms with Crippen LogP contribution in [0.25, 0.3) is 0 Å². The standard InChI is InChI=1S/C14H14ClN3O2/c1-8-9(2)17-14(13(15)16-8)18-10-3-4-11-12(7-10)20-6-5-19-11/h3-4,7H,5-6H2,1-2H3,(H,17,18). The van der Waals surface area contributed by atoms with Gasteiger partial charge in [0.1, 0.15) is 13.2 Å². The van der Waals surface area contributed by atoms with Gasteiger partial charge in [-0.05, 0) is 26.0 Å². The topological polar surface area (TPSA) is 56.3 Å². The highest BCUT2D eigenvalue weighted by molar-refractivity contribution is 6.31. The molecule has 0 amide bonds. The first-order valence-corrected chi connectivity index (χ1v) is 6.69. The monoisotopic (exact) mass is 291 g/mol. The number of nitrogens with zero attached hydrogens (tertiary/aromatic N) is 2. The maximum Gasteiger partial charge on any atom is 0.172 e. The van der Waals surface area contributed by atoms with Crippen molar-refractivity contribution >= 4 is 23.1 Å². The highest BCUT2D eigenvalue weighted by Crippen LogP contribution is 2.34. The second kappa shape index (κ2) is 5.17. The first kappa shape index (κ1) is 13.0. The number of halogens is 1. The lowest BCUT2D eigenvalue weighted by Crippen LogP contribution is -2.15. The molecule has 1 aromatic heterocycles. The van der Waals surface area contributed by atoms with E-state index in [0.717, 1.165) is 22.8 Å². The Kier molecular flexibility index (Phi) is 3.36. The van der Waals surface area contributed by atoms with E-state index in [4.69, 9.17) is 21.1 Å². The molecular weight excluding hydrogens is 278 g/mol. The van der Waals surface area contributed by atoms with Crippen molar-refractivity contribution in [2.45, 2.75) is 13.8 Å². The summed E-state index contributed by atoms with van der Waals surface area (Å²) in [5, 5.41) is 3.50. The predicted molar refractivity (Wildman–Crippen MR) is 77.2 cm³/mol. The van der Waals surface area contributed by atoms with Crippen LogP contribution in [0.2, 0.25) is 5.15 Å². The van der Waals surface area contributed by atoms with Gasteiger partial charge in [-0.25, -0.2) is 9.97 Å². The molecule has 0 spiro atoms. The SMILES string of the molecule is Cc1nc(Cl)c(Nc2ccc3c(c2)OCCO3)nc1C. The Hall–Kier alpha value is -2.01. The van der Waals surface area contributed by atoms with Crippen molar-refractivity contribution in [3.63, 3.8) is 0 Å². The summed E-state index contributed by atoms with van der Waals surface area (Å²) in [7, 11) is 0. The average molecular weight is 292 g/mol. The normalized spacial score (nSPS) is 13.2. The molecule has 5 nitrogen and oxygen atoms in total. The van der Waals surface area contributed by atoms with Crippen molar-refractivity contribution in [1.82, 2.24) is 9.97 Å². The number of ether oxygens (including phenoxy) is 2. The number of aryl methyl sites for hydroxylation is 2. The average Bonchev–Trinajstić information content (AvgIpc) is 2.44.